The van der Waals surface area contributed by atoms with Gasteiger partial charge in [0.2, 0.25) is 20.0 Å². The molecule has 0 spiro atoms. The van der Waals surface area contributed by atoms with Gasteiger partial charge in [0.05, 0.1) is 35.1 Å². The van der Waals surface area contributed by atoms with Gasteiger partial charge in [0, 0.05) is 33.3 Å². The second kappa shape index (κ2) is 11.6. The lowest BCUT2D eigenvalue weighted by Crippen LogP contribution is -2.41. The Labute approximate surface area is 300 Å². The molecule has 5 N–H and O–H groups in total. The van der Waals surface area contributed by atoms with Gasteiger partial charge < -0.3 is 5.11 Å². The van der Waals surface area contributed by atoms with Crippen molar-refractivity contribution in [3.8, 4) is 22.8 Å². The Kier molecular flexibility index (Phi) is 7.80. The number of allylic oxidation sites excluding steroid dienone is 2. The average molecular weight is 748 g/mol. The number of aromatic nitrogens is 7. The summed E-state index contributed by atoms with van der Waals surface area (Å²) in [7, 11) is -6.89. The zero-order chi connectivity index (χ0) is 37.7. The number of anilines is 2. The number of carbonyl (C=O) groups excluding carboxylic acids is 1. The smallest absolute Gasteiger partial charge is 0.356 e. The Balaban J connectivity index is 1.28. The molecule has 3 aromatic heterocycles. The molecule has 1 aliphatic heterocycles. The number of hydrogen-bond donors (Lipinski definition) is 5. The fourth-order valence-electron chi connectivity index (χ4n) is 6.55. The summed E-state index contributed by atoms with van der Waals surface area (Å²) in [6, 6.07) is 13.3. The Hall–Kier alpha value is -5.36. The van der Waals surface area contributed by atoms with Gasteiger partial charge in [-0.05, 0) is 58.3 Å². The van der Waals surface area contributed by atoms with Gasteiger partial charge in [0.25, 0.3) is 5.82 Å². The van der Waals surface area contributed by atoms with Crippen molar-refractivity contribution in [3.63, 3.8) is 0 Å². The Morgan fingerprint density at radius 2 is 1.37 bits per heavy atom. The molecule has 272 valence electrons. The summed E-state index contributed by atoms with van der Waals surface area (Å²) >= 11 is 0. The van der Waals surface area contributed by atoms with Crippen molar-refractivity contribution in [3.05, 3.63) is 71.4 Å². The number of nitrogens with zero attached hydrogens (tertiary/aromatic N) is 6. The summed E-state index contributed by atoms with van der Waals surface area (Å²) in [5.41, 5.74) is 3.38. The SMILES string of the molecule is CC(C)(C)C1=N[n+]2[nH]c(-c3ccc(NS(C)(=O)=O)cc3)nc2C1C1C(=O)C(c2c(C(C)(C)C)[nH]n3nc(-c4ccc(NS(C)(=O)=O)cc4)nc23)=C1O. The molecule has 2 aromatic carbocycles. The lowest BCUT2D eigenvalue weighted by atomic mass is 9.66. The maximum atomic E-state index is 14.4. The second-order valence-corrected chi connectivity index (χ2v) is 18.7. The molecule has 0 fully saturated rings. The summed E-state index contributed by atoms with van der Waals surface area (Å²) in [5.74, 6) is -0.777. The molecule has 2 unspecified atom stereocenters. The minimum atomic E-state index is -3.45. The molecule has 16 nitrogen and oxygen atoms in total. The number of nitrogens with one attached hydrogen (secondary N) is 4. The quantitative estimate of drug-likeness (QED) is 0.145. The van der Waals surface area contributed by atoms with E-state index in [1.54, 1.807) is 48.5 Å². The van der Waals surface area contributed by atoms with Crippen LogP contribution in [0.4, 0.5) is 11.4 Å². The van der Waals surface area contributed by atoms with Crippen molar-refractivity contribution in [1.82, 2.24) is 29.9 Å². The monoisotopic (exact) mass is 747 g/mol. The molecule has 1 aliphatic carbocycles. The predicted octanol–water partition coefficient (Wildman–Crippen LogP) is 3.96. The van der Waals surface area contributed by atoms with Crippen LogP contribution in [0.3, 0.4) is 0 Å². The molecule has 0 saturated heterocycles. The third kappa shape index (κ3) is 6.25. The number of rotatable bonds is 8. The largest absolute Gasteiger partial charge is 0.511 e. The van der Waals surface area contributed by atoms with E-state index in [4.69, 9.17) is 15.1 Å². The first-order valence-corrected chi connectivity index (χ1v) is 20.1. The number of aliphatic hydroxyl groups excluding tert-OH is 1. The Morgan fingerprint density at radius 3 is 1.87 bits per heavy atom. The first kappa shape index (κ1) is 35.1. The highest BCUT2D eigenvalue weighted by atomic mass is 32.2. The van der Waals surface area contributed by atoms with Crippen molar-refractivity contribution < 1.29 is 31.5 Å². The van der Waals surface area contributed by atoms with Crippen molar-refractivity contribution in [2.75, 3.05) is 22.0 Å². The summed E-state index contributed by atoms with van der Waals surface area (Å²) in [6.07, 6.45) is 2.15. The molecule has 0 amide bonds. The number of H-pyrrole nitrogens is 2. The van der Waals surface area contributed by atoms with Crippen LogP contribution >= 0.6 is 0 Å². The third-order valence-corrected chi connectivity index (χ3v) is 10.0. The fraction of sp³-hybridized carbons (Fsp3) is 0.353. The molecule has 2 atom stereocenters. The molecule has 0 saturated carbocycles. The van der Waals surface area contributed by atoms with E-state index in [-0.39, 0.29) is 17.1 Å². The van der Waals surface area contributed by atoms with Crippen LogP contribution in [-0.4, -0.2) is 75.8 Å². The van der Waals surface area contributed by atoms with Gasteiger partial charge in [-0.3, -0.25) is 19.3 Å². The van der Waals surface area contributed by atoms with E-state index in [2.05, 4.69) is 24.7 Å². The fourth-order valence-corrected chi connectivity index (χ4v) is 7.68. The molecule has 5 aromatic rings. The minimum Gasteiger partial charge on any atom is -0.511 e. The molecule has 52 heavy (non-hydrogen) atoms. The predicted molar refractivity (Wildman–Crippen MR) is 196 cm³/mol. The third-order valence-electron chi connectivity index (χ3n) is 8.82. The summed E-state index contributed by atoms with van der Waals surface area (Å²) in [6.45, 7) is 11.9. The summed E-state index contributed by atoms with van der Waals surface area (Å²) < 4.78 is 53.0. The molecular weight excluding hydrogens is 709 g/mol. The second-order valence-electron chi connectivity index (χ2n) is 15.2. The first-order valence-electron chi connectivity index (χ1n) is 16.3. The van der Waals surface area contributed by atoms with Crippen LogP contribution in [0.15, 0.2) is 59.4 Å². The van der Waals surface area contributed by atoms with Gasteiger partial charge in [-0.2, -0.15) is 9.73 Å². The van der Waals surface area contributed by atoms with E-state index in [1.165, 1.54) is 9.42 Å². The van der Waals surface area contributed by atoms with E-state index in [0.717, 1.165) is 12.5 Å². The van der Waals surface area contributed by atoms with Crippen LogP contribution < -0.4 is 14.2 Å². The molecule has 18 heteroatoms. The minimum absolute atomic E-state index is 0.103. The van der Waals surface area contributed by atoms with Gasteiger partial charge in [0.1, 0.15) is 17.6 Å². The maximum absolute atomic E-state index is 14.4. The van der Waals surface area contributed by atoms with Crippen LogP contribution in [-0.2, 0) is 30.3 Å². The standard InChI is InChI=1S/C34H38N10O6S2/c1-33(2,3)27-23(31-35-29(39-43(31)37-27)17-9-13-19(14-10-17)41-51(7,47)48)21-25(45)22(26(21)46)24-28(34(4,5)6)38-44-32(24)36-30(40-44)18-11-15-20(16-12-18)42-52(8,49)50/h9-16,21,23H,1-8H3,(H4,36,38,39,40,41,42,45,46)/p+1. The molecule has 0 radical (unpaired) electrons. The summed E-state index contributed by atoms with van der Waals surface area (Å²) in [4.78, 5) is 25.5. The molecule has 7 rings (SSSR count). The highest BCUT2D eigenvalue weighted by Crippen LogP contribution is 2.50. The van der Waals surface area contributed by atoms with Gasteiger partial charge >= 0.3 is 5.82 Å². The summed E-state index contributed by atoms with van der Waals surface area (Å²) in [5, 5.41) is 27.8. The van der Waals surface area contributed by atoms with Crippen LogP contribution in [0.1, 0.15) is 64.5 Å². The van der Waals surface area contributed by atoms with Crippen LogP contribution in [0.2, 0.25) is 0 Å². The van der Waals surface area contributed by atoms with Crippen LogP contribution in [0.25, 0.3) is 34.0 Å². The number of benzene rings is 2. The number of carbonyl (C=O) groups is 1. The van der Waals surface area contributed by atoms with Crippen LogP contribution in [0.5, 0.6) is 0 Å². The number of ketones is 1. The Morgan fingerprint density at radius 1 is 0.808 bits per heavy atom. The number of sulfonamides is 2. The number of aromatic amines is 2. The lowest BCUT2D eigenvalue weighted by molar-refractivity contribution is -0.736. The average Bonchev–Trinajstić information content (AvgIpc) is 3.77. The van der Waals surface area contributed by atoms with Gasteiger partial charge in [-0.25, -0.2) is 21.8 Å². The Bertz CT molecular complexity index is 2570. The number of hydrogen-bond acceptors (Lipinski definition) is 10. The molecule has 0 bridgehead atoms. The number of fused-ring (bicyclic) bond motifs is 2. The van der Waals surface area contributed by atoms with Crippen molar-refractivity contribution in [2.24, 2.45) is 16.4 Å². The van der Waals surface area contributed by atoms with Gasteiger partial charge in [-0.1, -0.05) is 46.6 Å². The van der Waals surface area contributed by atoms with E-state index >= 15 is 0 Å². The van der Waals surface area contributed by atoms with E-state index in [9.17, 15) is 26.7 Å². The topological polar surface area (TPSA) is 221 Å². The highest BCUT2D eigenvalue weighted by Gasteiger charge is 2.57. The highest BCUT2D eigenvalue weighted by molar-refractivity contribution is 7.92. The zero-order valence-electron chi connectivity index (χ0n) is 29.8. The first-order chi connectivity index (χ1) is 24.1. The zero-order valence-corrected chi connectivity index (χ0v) is 31.4. The van der Waals surface area contributed by atoms with E-state index in [1.807, 2.05) is 41.5 Å². The van der Waals surface area contributed by atoms with Crippen molar-refractivity contribution in [2.45, 2.75) is 52.9 Å². The van der Waals surface area contributed by atoms with Crippen molar-refractivity contribution in [1.29, 1.82) is 0 Å². The maximum Gasteiger partial charge on any atom is 0.356 e. The van der Waals surface area contributed by atoms with Crippen LogP contribution in [0, 0.1) is 11.3 Å². The lowest BCUT2D eigenvalue weighted by Gasteiger charge is -2.33. The molecular formula is C34H39N10O6S2+. The molecule has 2 aliphatic rings. The van der Waals surface area contributed by atoms with E-state index < -0.39 is 42.7 Å². The van der Waals surface area contributed by atoms with Gasteiger partial charge in [-0.15, -0.1) is 5.10 Å². The normalized spacial score (nSPS) is 18.1. The van der Waals surface area contributed by atoms with E-state index in [0.29, 0.717) is 62.6 Å². The van der Waals surface area contributed by atoms with Gasteiger partial charge in [0.15, 0.2) is 17.3 Å². The van der Waals surface area contributed by atoms with Crippen molar-refractivity contribution >= 4 is 54.1 Å². The number of aliphatic hydroxyl groups is 1. The number of Topliss-reactive ketones (excluding diaryl/α,β-unsaturated/α-hetero) is 1. The molecule has 4 heterocycles.